The third-order valence-corrected chi connectivity index (χ3v) is 3.69. The van der Waals surface area contributed by atoms with E-state index in [1.54, 1.807) is 13.8 Å². The van der Waals surface area contributed by atoms with Gasteiger partial charge in [-0.25, -0.2) is 8.42 Å². The highest BCUT2D eigenvalue weighted by Gasteiger charge is 2.22. The summed E-state index contributed by atoms with van der Waals surface area (Å²) in [6, 6.07) is 2.58. The lowest BCUT2D eigenvalue weighted by atomic mass is 10.1. The lowest BCUT2D eigenvalue weighted by Crippen LogP contribution is -2.05. The van der Waals surface area contributed by atoms with E-state index in [0.717, 1.165) is 0 Å². The first-order chi connectivity index (χ1) is 8.30. The molecule has 6 nitrogen and oxygen atoms in total. The maximum Gasteiger partial charge on any atom is 0.276 e. The van der Waals surface area contributed by atoms with E-state index >= 15 is 0 Å². The molecule has 0 aromatic carbocycles. The minimum absolute atomic E-state index is 0.114. The monoisotopic (exact) mass is 288 g/mol. The molecule has 0 aliphatic carbocycles. The summed E-state index contributed by atoms with van der Waals surface area (Å²) < 4.78 is 27.0. The molecule has 0 saturated carbocycles. The van der Waals surface area contributed by atoms with E-state index < -0.39 is 14.8 Å². The molecule has 0 amide bonds. The van der Waals surface area contributed by atoms with E-state index in [0.29, 0.717) is 17.0 Å². The average Bonchev–Trinajstić information content (AvgIpc) is 2.84. The van der Waals surface area contributed by atoms with E-state index in [2.05, 4.69) is 10.1 Å². The highest BCUT2D eigenvalue weighted by molar-refractivity contribution is 8.13. The first kappa shape index (κ1) is 12.8. The topological polar surface area (TPSA) is 93.0 Å². The maximum absolute atomic E-state index is 12.1. The molecule has 1 N–H and O–H groups in total. The van der Waals surface area contributed by atoms with Gasteiger partial charge in [0, 0.05) is 10.7 Å². The van der Waals surface area contributed by atoms with Crippen LogP contribution < -0.4 is 0 Å². The largest absolute Gasteiger partial charge is 0.361 e. The molecule has 96 valence electrons. The number of halogens is 1. The fourth-order valence-electron chi connectivity index (χ4n) is 1.59. The summed E-state index contributed by atoms with van der Waals surface area (Å²) in [7, 11) is 1.28. The van der Waals surface area contributed by atoms with Crippen LogP contribution in [0.5, 0.6) is 0 Å². The second-order valence-electron chi connectivity index (χ2n) is 3.70. The number of carbonyl (C=O) groups is 1. The molecule has 2 heterocycles. The normalized spacial score (nSPS) is 11.7. The van der Waals surface area contributed by atoms with Crippen LogP contribution >= 0.6 is 10.7 Å². The summed E-state index contributed by atoms with van der Waals surface area (Å²) in [5.74, 6) is -0.0137. The molecule has 0 spiro atoms. The minimum atomic E-state index is -3.88. The summed E-state index contributed by atoms with van der Waals surface area (Å²) in [5, 5.41) is 3.44. The van der Waals surface area contributed by atoms with Crippen molar-refractivity contribution in [2.24, 2.45) is 0 Å². The van der Waals surface area contributed by atoms with Crippen molar-refractivity contribution in [1.29, 1.82) is 0 Å². The van der Waals surface area contributed by atoms with Crippen molar-refractivity contribution in [3.05, 3.63) is 34.8 Å². The quantitative estimate of drug-likeness (QED) is 0.686. The van der Waals surface area contributed by atoms with E-state index in [1.807, 2.05) is 0 Å². The number of aromatic amines is 1. The summed E-state index contributed by atoms with van der Waals surface area (Å²) in [4.78, 5) is 14.6. The van der Waals surface area contributed by atoms with Crippen LogP contribution in [-0.2, 0) is 9.05 Å². The van der Waals surface area contributed by atoms with Crippen molar-refractivity contribution in [2.75, 3.05) is 0 Å². The summed E-state index contributed by atoms with van der Waals surface area (Å²) in [5.41, 5.74) is 0.876. The zero-order chi connectivity index (χ0) is 13.5. The van der Waals surface area contributed by atoms with Gasteiger partial charge in [0.05, 0.1) is 17.0 Å². The molecular formula is C10H9ClN2O4S. The van der Waals surface area contributed by atoms with Gasteiger partial charge in [-0.15, -0.1) is 0 Å². The Labute approximate surface area is 107 Å². The Hall–Kier alpha value is -1.60. The van der Waals surface area contributed by atoms with Crippen LogP contribution in [0.25, 0.3) is 0 Å². The summed E-state index contributed by atoms with van der Waals surface area (Å²) in [6.07, 6.45) is 0. The number of hydrogen-bond donors (Lipinski definition) is 1. The number of aromatic nitrogens is 2. The molecule has 2 aromatic rings. The number of nitrogens with zero attached hydrogens (tertiary/aromatic N) is 1. The number of rotatable bonds is 3. The van der Waals surface area contributed by atoms with Gasteiger partial charge in [0.25, 0.3) is 9.05 Å². The zero-order valence-corrected chi connectivity index (χ0v) is 11.1. The Morgan fingerprint density at radius 2 is 2.06 bits per heavy atom. The number of nitrogens with one attached hydrogen (secondary N) is 1. The molecule has 0 atom stereocenters. The van der Waals surface area contributed by atoms with E-state index in [1.165, 1.54) is 12.1 Å². The molecule has 0 saturated heterocycles. The van der Waals surface area contributed by atoms with Crippen LogP contribution in [0.1, 0.15) is 27.5 Å². The van der Waals surface area contributed by atoms with Gasteiger partial charge in [-0.2, -0.15) is 0 Å². The highest BCUT2D eigenvalue weighted by Crippen LogP contribution is 2.19. The van der Waals surface area contributed by atoms with Crippen LogP contribution in [0.3, 0.4) is 0 Å². The van der Waals surface area contributed by atoms with Gasteiger partial charge < -0.3 is 9.51 Å². The third-order valence-electron chi connectivity index (χ3n) is 2.43. The van der Waals surface area contributed by atoms with Crippen LogP contribution in [0.4, 0.5) is 0 Å². The summed E-state index contributed by atoms with van der Waals surface area (Å²) in [6.45, 7) is 3.24. The molecule has 0 aliphatic rings. The van der Waals surface area contributed by atoms with Crippen molar-refractivity contribution in [3.63, 3.8) is 0 Å². The lowest BCUT2D eigenvalue weighted by molar-refractivity contribution is 0.103. The van der Waals surface area contributed by atoms with Gasteiger partial charge in [0.1, 0.15) is 10.8 Å². The Morgan fingerprint density at radius 3 is 2.50 bits per heavy atom. The van der Waals surface area contributed by atoms with Crippen molar-refractivity contribution in [3.8, 4) is 0 Å². The van der Waals surface area contributed by atoms with E-state index in [-0.39, 0.29) is 10.7 Å². The summed E-state index contributed by atoms with van der Waals surface area (Å²) >= 11 is 0. The molecule has 8 heteroatoms. The molecule has 0 bridgehead atoms. The Balaban J connectivity index is 2.45. The van der Waals surface area contributed by atoms with Gasteiger partial charge in [0.15, 0.2) is 0 Å². The van der Waals surface area contributed by atoms with E-state index in [9.17, 15) is 13.2 Å². The van der Waals surface area contributed by atoms with Gasteiger partial charge >= 0.3 is 0 Å². The molecule has 0 aliphatic heterocycles. The predicted octanol–water partition coefficient (Wildman–Crippen LogP) is 1.78. The smallest absolute Gasteiger partial charge is 0.276 e. The molecule has 2 aromatic heterocycles. The van der Waals surface area contributed by atoms with Gasteiger partial charge in [0.2, 0.25) is 5.78 Å². The molecule has 0 radical (unpaired) electrons. The Kier molecular flexibility index (Phi) is 3.04. The first-order valence-electron chi connectivity index (χ1n) is 4.92. The minimum Gasteiger partial charge on any atom is -0.361 e. The molecule has 0 fully saturated rings. The van der Waals surface area contributed by atoms with Crippen LogP contribution in [-0.4, -0.2) is 24.3 Å². The standard InChI is InChI=1S/C10H9ClN2O4S/c1-5-9(6(2)17-13-5)10(14)7-3-4-8(12-7)18(11,15)16/h3-4,12H,1-2H3. The fraction of sp³-hybridized carbons (Fsp3) is 0.200. The predicted molar refractivity (Wildman–Crippen MR) is 63.2 cm³/mol. The molecule has 0 unspecified atom stereocenters. The second-order valence-corrected chi connectivity index (χ2v) is 6.24. The third kappa shape index (κ3) is 2.19. The van der Waals surface area contributed by atoms with E-state index in [4.69, 9.17) is 15.2 Å². The van der Waals surface area contributed by atoms with Crippen molar-refractivity contribution >= 4 is 25.5 Å². The van der Waals surface area contributed by atoms with Crippen molar-refractivity contribution in [1.82, 2.24) is 10.1 Å². The fourth-order valence-corrected chi connectivity index (χ4v) is 2.32. The SMILES string of the molecule is Cc1noc(C)c1C(=O)c1ccc(S(=O)(=O)Cl)[nH]1. The number of hydrogen-bond acceptors (Lipinski definition) is 5. The maximum atomic E-state index is 12.1. The van der Waals surface area contributed by atoms with Gasteiger partial charge in [-0.05, 0) is 26.0 Å². The van der Waals surface area contributed by atoms with Gasteiger partial charge in [-0.1, -0.05) is 5.16 Å². The second kappa shape index (κ2) is 4.25. The lowest BCUT2D eigenvalue weighted by Gasteiger charge is -1.96. The molecule has 18 heavy (non-hydrogen) atoms. The van der Waals surface area contributed by atoms with Crippen LogP contribution in [0.15, 0.2) is 21.7 Å². The Morgan fingerprint density at radius 1 is 1.39 bits per heavy atom. The number of H-pyrrole nitrogens is 1. The van der Waals surface area contributed by atoms with Crippen molar-refractivity contribution in [2.45, 2.75) is 18.9 Å². The van der Waals surface area contributed by atoms with Gasteiger partial charge in [-0.3, -0.25) is 4.79 Å². The molecular weight excluding hydrogens is 280 g/mol. The molecule has 2 rings (SSSR count). The van der Waals surface area contributed by atoms with Crippen LogP contribution in [0, 0.1) is 13.8 Å². The first-order valence-corrected chi connectivity index (χ1v) is 7.23. The number of ketones is 1. The van der Waals surface area contributed by atoms with Crippen molar-refractivity contribution < 1.29 is 17.7 Å². The number of aryl methyl sites for hydroxylation is 2. The average molecular weight is 289 g/mol. The Bertz CT molecular complexity index is 695. The zero-order valence-electron chi connectivity index (χ0n) is 9.52. The number of carbonyl (C=O) groups excluding carboxylic acids is 1. The van der Waals surface area contributed by atoms with Crippen LogP contribution in [0.2, 0.25) is 0 Å². The highest BCUT2D eigenvalue weighted by atomic mass is 35.7.